The van der Waals surface area contributed by atoms with Crippen LogP contribution in [0, 0.1) is 0 Å². The first-order valence-corrected chi connectivity index (χ1v) is 10.4. The van der Waals surface area contributed by atoms with E-state index in [1.807, 2.05) is 24.5 Å². The van der Waals surface area contributed by atoms with E-state index in [1.165, 1.54) is 0 Å². The monoisotopic (exact) mass is 435 g/mol. The van der Waals surface area contributed by atoms with E-state index < -0.39 is 0 Å². The average Bonchev–Trinajstić information content (AvgIpc) is 3.40. The van der Waals surface area contributed by atoms with Crippen molar-refractivity contribution < 1.29 is 14.3 Å². The highest BCUT2D eigenvalue weighted by Gasteiger charge is 2.26. The van der Waals surface area contributed by atoms with Gasteiger partial charge in [-0.05, 0) is 57.0 Å². The van der Waals surface area contributed by atoms with Gasteiger partial charge in [-0.25, -0.2) is 9.78 Å². The fraction of sp³-hybridized carbons (Fsp3) is 0.364. The van der Waals surface area contributed by atoms with E-state index >= 15 is 0 Å². The average molecular weight is 435 g/mol. The van der Waals surface area contributed by atoms with Crippen LogP contribution in [0.4, 0.5) is 10.6 Å². The van der Waals surface area contributed by atoms with Gasteiger partial charge in [-0.1, -0.05) is 6.07 Å². The summed E-state index contributed by atoms with van der Waals surface area (Å²) in [6.45, 7) is 8.46. The van der Waals surface area contributed by atoms with Crippen LogP contribution in [-0.4, -0.2) is 47.7 Å². The van der Waals surface area contributed by atoms with Crippen LogP contribution in [0.25, 0.3) is 11.5 Å². The number of carbonyl (C=O) groups is 2. The molecule has 4 rings (SSSR count). The molecule has 0 unspecified atom stereocenters. The molecule has 32 heavy (non-hydrogen) atoms. The lowest BCUT2D eigenvalue weighted by Crippen LogP contribution is -2.28. The molecule has 0 aromatic carbocycles. The van der Waals surface area contributed by atoms with Crippen LogP contribution in [-0.2, 0) is 17.8 Å². The van der Waals surface area contributed by atoms with Crippen molar-refractivity contribution in [2.45, 2.75) is 52.9 Å². The summed E-state index contributed by atoms with van der Waals surface area (Å²) in [6, 6.07) is 7.19. The molecule has 3 aromatic rings. The molecule has 0 atom stereocenters. The molecule has 10 nitrogen and oxygen atoms in total. The summed E-state index contributed by atoms with van der Waals surface area (Å²) in [7, 11) is 0. The van der Waals surface area contributed by atoms with Crippen LogP contribution < -0.4 is 5.32 Å². The van der Waals surface area contributed by atoms with E-state index in [0.717, 1.165) is 11.1 Å². The Bertz CT molecular complexity index is 1160. The molecule has 1 aliphatic rings. The van der Waals surface area contributed by atoms with Gasteiger partial charge in [0.05, 0.1) is 12.6 Å². The number of fused-ring (bicyclic) bond motifs is 1. The highest BCUT2D eigenvalue weighted by atomic mass is 16.6. The molecule has 3 aromatic heterocycles. The lowest BCUT2D eigenvalue weighted by atomic mass is 10.1. The molecule has 0 spiro atoms. The molecule has 0 bridgehead atoms. The number of carbonyl (C=O) groups excluding carboxylic acids is 2. The number of rotatable bonds is 5. The lowest BCUT2D eigenvalue weighted by Gasteiger charge is -2.17. The number of pyridine rings is 2. The first-order chi connectivity index (χ1) is 15.3. The van der Waals surface area contributed by atoms with Gasteiger partial charge in [0.15, 0.2) is 5.82 Å². The molecular formula is C22H25N7O3. The highest BCUT2D eigenvalue weighted by molar-refractivity contribution is 6.02. The van der Waals surface area contributed by atoms with Gasteiger partial charge in [0, 0.05) is 18.8 Å². The predicted octanol–water partition coefficient (Wildman–Crippen LogP) is 3.43. The van der Waals surface area contributed by atoms with Gasteiger partial charge in [-0.3, -0.25) is 14.7 Å². The minimum Gasteiger partial charge on any atom is -0.447 e. The normalized spacial score (nSPS) is 12.9. The maximum Gasteiger partial charge on any atom is 0.410 e. The van der Waals surface area contributed by atoms with Crippen LogP contribution in [0.1, 0.15) is 55.4 Å². The number of hydrogen-bond acceptors (Lipinski definition) is 7. The Labute approximate surface area is 185 Å². The topological polar surface area (TPSA) is 115 Å². The van der Waals surface area contributed by atoms with Crippen molar-refractivity contribution in [1.82, 2.24) is 29.6 Å². The summed E-state index contributed by atoms with van der Waals surface area (Å²) < 4.78 is 7.16. The Hall–Kier alpha value is -3.82. The fourth-order valence-corrected chi connectivity index (χ4v) is 3.42. The summed E-state index contributed by atoms with van der Waals surface area (Å²) in [5, 5.41) is 10.9. The Balaban J connectivity index is 1.48. The van der Waals surface area contributed by atoms with Crippen LogP contribution in [0.3, 0.4) is 0 Å². The van der Waals surface area contributed by atoms with Crippen LogP contribution in [0.2, 0.25) is 0 Å². The van der Waals surface area contributed by atoms with Gasteiger partial charge in [-0.2, -0.15) is 0 Å². The van der Waals surface area contributed by atoms with Crippen molar-refractivity contribution in [2.24, 2.45) is 0 Å². The van der Waals surface area contributed by atoms with E-state index in [0.29, 0.717) is 30.4 Å². The van der Waals surface area contributed by atoms with E-state index in [4.69, 9.17) is 4.74 Å². The molecule has 2 amide bonds. The van der Waals surface area contributed by atoms with E-state index in [-0.39, 0.29) is 29.8 Å². The van der Waals surface area contributed by atoms with Crippen molar-refractivity contribution in [3.05, 3.63) is 53.6 Å². The Morgan fingerprint density at radius 3 is 2.66 bits per heavy atom. The van der Waals surface area contributed by atoms with Crippen LogP contribution >= 0.6 is 0 Å². The lowest BCUT2D eigenvalue weighted by molar-refractivity contribution is 0.0760. The van der Waals surface area contributed by atoms with Gasteiger partial charge in [0.1, 0.15) is 23.5 Å². The second-order valence-electron chi connectivity index (χ2n) is 8.14. The summed E-state index contributed by atoms with van der Waals surface area (Å²) in [5.74, 6) is 0.626. The van der Waals surface area contributed by atoms with Gasteiger partial charge >= 0.3 is 6.09 Å². The Morgan fingerprint density at radius 2 is 1.91 bits per heavy atom. The maximum atomic E-state index is 12.8. The number of nitrogens with one attached hydrogen (secondary N) is 1. The molecular weight excluding hydrogens is 410 g/mol. The molecule has 0 radical (unpaired) electrons. The smallest absolute Gasteiger partial charge is 0.410 e. The largest absolute Gasteiger partial charge is 0.447 e. The highest BCUT2D eigenvalue weighted by Crippen LogP contribution is 2.24. The van der Waals surface area contributed by atoms with Gasteiger partial charge < -0.3 is 14.6 Å². The molecule has 1 aliphatic heterocycles. The third-order valence-electron chi connectivity index (χ3n) is 4.98. The molecule has 10 heteroatoms. The molecule has 0 aliphatic carbocycles. The molecule has 0 saturated carbocycles. The maximum absolute atomic E-state index is 12.8. The minimum atomic E-state index is -0.383. The van der Waals surface area contributed by atoms with Gasteiger partial charge in [0.25, 0.3) is 5.91 Å². The van der Waals surface area contributed by atoms with Crippen molar-refractivity contribution >= 4 is 17.8 Å². The molecule has 4 heterocycles. The minimum absolute atomic E-state index is 0.174. The second kappa shape index (κ2) is 8.74. The summed E-state index contributed by atoms with van der Waals surface area (Å²) >= 11 is 0. The third kappa shape index (κ3) is 4.43. The Kier molecular flexibility index (Phi) is 5.85. The Morgan fingerprint density at radius 1 is 1.12 bits per heavy atom. The fourth-order valence-electron chi connectivity index (χ4n) is 3.42. The second-order valence-corrected chi connectivity index (χ2v) is 8.14. The molecule has 0 fully saturated rings. The van der Waals surface area contributed by atoms with E-state index in [1.54, 1.807) is 49.5 Å². The predicted molar refractivity (Wildman–Crippen MR) is 117 cm³/mol. The van der Waals surface area contributed by atoms with Crippen molar-refractivity contribution in [3.63, 3.8) is 0 Å². The molecule has 0 saturated heterocycles. The zero-order chi connectivity index (χ0) is 22.8. The van der Waals surface area contributed by atoms with E-state index in [2.05, 4.69) is 25.5 Å². The van der Waals surface area contributed by atoms with Gasteiger partial charge in [-0.15, -0.1) is 10.2 Å². The van der Waals surface area contributed by atoms with Gasteiger partial charge in [0.2, 0.25) is 0 Å². The first kappa shape index (κ1) is 21.4. The third-order valence-corrected chi connectivity index (χ3v) is 4.98. The van der Waals surface area contributed by atoms with Crippen LogP contribution in [0.15, 0.2) is 36.8 Å². The zero-order valence-corrected chi connectivity index (χ0v) is 18.4. The quantitative estimate of drug-likeness (QED) is 0.653. The number of nitrogens with zero attached hydrogens (tertiary/aromatic N) is 6. The molecule has 166 valence electrons. The number of amides is 2. The number of aromatic nitrogens is 5. The van der Waals surface area contributed by atoms with Crippen LogP contribution in [0.5, 0.6) is 0 Å². The zero-order valence-electron chi connectivity index (χ0n) is 18.4. The van der Waals surface area contributed by atoms with Crippen molar-refractivity contribution in [1.29, 1.82) is 0 Å². The standard InChI is InChI=1S/C22H25N7O3/c1-13(2)29-12-24-27-20(29)17-6-5-7-19(25-17)26-21(30)18-8-15-10-28(11-16(15)9-23-18)22(31)32-14(3)4/h5-9,12-14H,10-11H2,1-4H3,(H,25,26,30). The van der Waals surface area contributed by atoms with Crippen molar-refractivity contribution in [3.8, 4) is 11.5 Å². The SMILES string of the molecule is CC(C)OC(=O)N1Cc2cnc(C(=O)Nc3cccc(-c4nncn4C(C)C)n3)cc2C1. The number of anilines is 1. The summed E-state index contributed by atoms with van der Waals surface area (Å²) in [5.41, 5.74) is 2.63. The molecule has 1 N–H and O–H groups in total. The van der Waals surface area contributed by atoms with E-state index in [9.17, 15) is 9.59 Å². The van der Waals surface area contributed by atoms with Crippen molar-refractivity contribution in [2.75, 3.05) is 5.32 Å². The first-order valence-electron chi connectivity index (χ1n) is 10.4. The summed E-state index contributed by atoms with van der Waals surface area (Å²) in [4.78, 5) is 35.3. The number of hydrogen-bond donors (Lipinski definition) is 1. The summed E-state index contributed by atoms with van der Waals surface area (Å²) in [6.07, 6.45) is 2.71. The number of ether oxygens (including phenoxy) is 1.